The number of carbonyl (C=O) groups excluding carboxylic acids is 1. The molecule has 7 heteroatoms. The van der Waals surface area contributed by atoms with Crippen LogP contribution in [0.5, 0.6) is 11.5 Å². The second kappa shape index (κ2) is 6.44. The Morgan fingerprint density at radius 1 is 1.19 bits per heavy atom. The van der Waals surface area contributed by atoms with Gasteiger partial charge in [-0.3, -0.25) is 9.20 Å². The highest BCUT2D eigenvalue weighted by Gasteiger charge is 2.19. The van der Waals surface area contributed by atoms with Gasteiger partial charge in [0.05, 0.1) is 11.2 Å². The molecule has 0 radical (unpaired) electrons. The van der Waals surface area contributed by atoms with Crippen LogP contribution in [0, 0.1) is 0 Å². The molecule has 0 atom stereocenters. The first-order valence-electron chi connectivity index (χ1n) is 8.46. The minimum atomic E-state index is -0.227. The number of benzene rings is 1. The number of hydrogen-bond acceptors (Lipinski definition) is 5. The van der Waals surface area contributed by atoms with Crippen LogP contribution in [0.15, 0.2) is 59.4 Å². The predicted molar refractivity (Wildman–Crippen MR) is 102 cm³/mol. The second-order valence-corrected chi connectivity index (χ2v) is 6.90. The fourth-order valence-electron chi connectivity index (χ4n) is 3.12. The highest BCUT2D eigenvalue weighted by atomic mass is 32.1. The summed E-state index contributed by atoms with van der Waals surface area (Å²) in [5.41, 5.74) is 3.67. The molecular formula is C20H15N3O3S. The summed E-state index contributed by atoms with van der Waals surface area (Å²) in [7, 11) is 0. The zero-order valence-electron chi connectivity index (χ0n) is 14.2. The van der Waals surface area contributed by atoms with Crippen molar-refractivity contribution in [3.8, 4) is 22.8 Å². The predicted octanol–water partition coefficient (Wildman–Crippen LogP) is 3.72. The number of rotatable bonds is 4. The van der Waals surface area contributed by atoms with E-state index in [1.165, 1.54) is 0 Å². The number of amides is 1. The summed E-state index contributed by atoms with van der Waals surface area (Å²) in [4.78, 5) is 17.4. The topological polar surface area (TPSA) is 64.9 Å². The fraction of sp³-hybridized carbons (Fsp3) is 0.100. The van der Waals surface area contributed by atoms with E-state index in [1.807, 2.05) is 63.8 Å². The Kier molecular flexibility index (Phi) is 3.79. The first kappa shape index (κ1) is 15.9. The molecule has 1 aliphatic rings. The lowest BCUT2D eigenvalue weighted by Gasteiger charge is -2.06. The number of aromatic nitrogens is 2. The van der Waals surface area contributed by atoms with Crippen molar-refractivity contribution in [2.24, 2.45) is 0 Å². The van der Waals surface area contributed by atoms with Gasteiger partial charge in [-0.15, -0.1) is 0 Å². The molecule has 4 aromatic rings. The van der Waals surface area contributed by atoms with E-state index in [9.17, 15) is 4.79 Å². The Labute approximate surface area is 159 Å². The van der Waals surface area contributed by atoms with E-state index in [4.69, 9.17) is 9.47 Å². The fourth-order valence-corrected chi connectivity index (χ4v) is 3.76. The van der Waals surface area contributed by atoms with Gasteiger partial charge in [-0.1, -0.05) is 12.1 Å². The summed E-state index contributed by atoms with van der Waals surface area (Å²) in [6, 6.07) is 13.4. The number of pyridine rings is 1. The van der Waals surface area contributed by atoms with Crippen molar-refractivity contribution in [2.75, 3.05) is 6.79 Å². The smallest absolute Gasteiger partial charge is 0.287 e. The SMILES string of the molecule is O=C(NCc1ccc2c(c1)OCO2)c1nc(-c2ccsc2)c2ccccn12. The first-order chi connectivity index (χ1) is 13.3. The van der Waals surface area contributed by atoms with Crippen molar-refractivity contribution in [1.82, 2.24) is 14.7 Å². The number of hydrogen-bond donors (Lipinski definition) is 1. The normalized spacial score (nSPS) is 12.4. The second-order valence-electron chi connectivity index (χ2n) is 6.12. The van der Waals surface area contributed by atoms with Gasteiger partial charge in [-0.25, -0.2) is 4.98 Å². The van der Waals surface area contributed by atoms with Crippen LogP contribution in [0.2, 0.25) is 0 Å². The summed E-state index contributed by atoms with van der Waals surface area (Å²) in [6.45, 7) is 0.613. The van der Waals surface area contributed by atoms with Crippen LogP contribution < -0.4 is 14.8 Å². The first-order valence-corrected chi connectivity index (χ1v) is 9.40. The van der Waals surface area contributed by atoms with Gasteiger partial charge in [-0.2, -0.15) is 11.3 Å². The van der Waals surface area contributed by atoms with E-state index in [0.29, 0.717) is 18.1 Å². The lowest BCUT2D eigenvalue weighted by molar-refractivity contribution is 0.0940. The minimum Gasteiger partial charge on any atom is -0.454 e. The van der Waals surface area contributed by atoms with Crippen molar-refractivity contribution < 1.29 is 14.3 Å². The molecule has 0 bridgehead atoms. The molecule has 1 N–H and O–H groups in total. The molecule has 0 unspecified atom stereocenters. The van der Waals surface area contributed by atoms with Crippen LogP contribution in [0.4, 0.5) is 0 Å². The Hall–Kier alpha value is -3.32. The van der Waals surface area contributed by atoms with Gasteiger partial charge >= 0.3 is 0 Å². The van der Waals surface area contributed by atoms with Crippen LogP contribution in [0.25, 0.3) is 16.8 Å². The molecule has 0 saturated heterocycles. The number of thiophene rings is 1. The number of carbonyl (C=O) groups is 1. The molecule has 0 aliphatic carbocycles. The summed E-state index contributed by atoms with van der Waals surface area (Å²) < 4.78 is 12.5. The number of nitrogens with one attached hydrogen (secondary N) is 1. The Balaban J connectivity index is 1.42. The molecule has 27 heavy (non-hydrogen) atoms. The number of nitrogens with zero attached hydrogens (tertiary/aromatic N) is 2. The molecule has 6 nitrogen and oxygen atoms in total. The molecule has 0 fully saturated rings. The molecule has 3 aromatic heterocycles. The lowest BCUT2D eigenvalue weighted by Crippen LogP contribution is -2.25. The molecule has 0 saturated carbocycles. The van der Waals surface area contributed by atoms with E-state index >= 15 is 0 Å². The highest BCUT2D eigenvalue weighted by Crippen LogP contribution is 2.32. The molecule has 4 heterocycles. The van der Waals surface area contributed by atoms with Crippen LogP contribution >= 0.6 is 11.3 Å². The van der Waals surface area contributed by atoms with E-state index in [1.54, 1.807) is 11.3 Å². The Morgan fingerprint density at radius 3 is 3.00 bits per heavy atom. The summed E-state index contributed by atoms with van der Waals surface area (Å²) in [5.74, 6) is 1.57. The average Bonchev–Trinajstić information content (AvgIpc) is 3.44. The molecule has 0 spiro atoms. The summed E-state index contributed by atoms with van der Waals surface area (Å²) in [6.07, 6.45) is 1.85. The molecule has 1 aromatic carbocycles. The molecule has 1 aliphatic heterocycles. The van der Waals surface area contributed by atoms with Crippen molar-refractivity contribution >= 4 is 22.8 Å². The Bertz CT molecular complexity index is 1130. The zero-order valence-corrected chi connectivity index (χ0v) is 15.0. The van der Waals surface area contributed by atoms with Gasteiger partial charge in [-0.05, 0) is 41.3 Å². The van der Waals surface area contributed by atoms with Crippen LogP contribution in [0.3, 0.4) is 0 Å². The lowest BCUT2D eigenvalue weighted by atomic mass is 10.2. The number of imidazole rings is 1. The molecule has 1 amide bonds. The van der Waals surface area contributed by atoms with Crippen molar-refractivity contribution in [2.45, 2.75) is 6.54 Å². The van der Waals surface area contributed by atoms with E-state index in [0.717, 1.165) is 28.1 Å². The van der Waals surface area contributed by atoms with E-state index in [-0.39, 0.29) is 12.7 Å². The van der Waals surface area contributed by atoms with Crippen LogP contribution in [-0.2, 0) is 6.54 Å². The highest BCUT2D eigenvalue weighted by molar-refractivity contribution is 7.08. The van der Waals surface area contributed by atoms with E-state index in [2.05, 4.69) is 10.3 Å². The van der Waals surface area contributed by atoms with Crippen molar-refractivity contribution in [3.63, 3.8) is 0 Å². The standard InChI is InChI=1S/C20H15N3O3S/c24-20(21-10-13-4-5-16-17(9-13)26-12-25-16)19-22-18(14-6-8-27-11-14)15-3-1-2-7-23(15)19/h1-9,11H,10,12H2,(H,21,24). The summed E-state index contributed by atoms with van der Waals surface area (Å²) >= 11 is 1.61. The largest absolute Gasteiger partial charge is 0.454 e. The van der Waals surface area contributed by atoms with Gasteiger partial charge in [0.25, 0.3) is 5.91 Å². The number of fused-ring (bicyclic) bond motifs is 2. The van der Waals surface area contributed by atoms with Crippen LogP contribution in [0.1, 0.15) is 16.2 Å². The maximum atomic E-state index is 12.8. The molecular weight excluding hydrogens is 362 g/mol. The van der Waals surface area contributed by atoms with Crippen molar-refractivity contribution in [3.05, 3.63) is 70.8 Å². The Morgan fingerprint density at radius 2 is 2.11 bits per heavy atom. The maximum absolute atomic E-state index is 12.8. The third kappa shape index (κ3) is 2.82. The third-order valence-corrected chi connectivity index (χ3v) is 5.12. The van der Waals surface area contributed by atoms with Gasteiger partial charge in [0.2, 0.25) is 12.6 Å². The minimum absolute atomic E-state index is 0.227. The quantitative estimate of drug-likeness (QED) is 0.589. The van der Waals surface area contributed by atoms with E-state index < -0.39 is 0 Å². The van der Waals surface area contributed by atoms with Gasteiger partial charge in [0.15, 0.2) is 11.5 Å². The van der Waals surface area contributed by atoms with Crippen LogP contribution in [-0.4, -0.2) is 22.1 Å². The number of ether oxygens (including phenoxy) is 2. The average molecular weight is 377 g/mol. The maximum Gasteiger partial charge on any atom is 0.287 e. The van der Waals surface area contributed by atoms with Gasteiger partial charge in [0.1, 0.15) is 0 Å². The van der Waals surface area contributed by atoms with Gasteiger partial charge in [0, 0.05) is 23.7 Å². The van der Waals surface area contributed by atoms with Crippen molar-refractivity contribution in [1.29, 1.82) is 0 Å². The monoisotopic (exact) mass is 377 g/mol. The summed E-state index contributed by atoms with van der Waals surface area (Å²) in [5, 5.41) is 6.98. The third-order valence-electron chi connectivity index (χ3n) is 4.44. The molecule has 134 valence electrons. The van der Waals surface area contributed by atoms with Gasteiger partial charge < -0.3 is 14.8 Å². The zero-order chi connectivity index (χ0) is 18.2. The molecule has 5 rings (SSSR count).